The van der Waals surface area contributed by atoms with Crippen LogP contribution in [0.25, 0.3) is 21.5 Å². The van der Waals surface area contributed by atoms with Crippen LogP contribution in [0.5, 0.6) is 5.75 Å². The lowest BCUT2D eigenvalue weighted by atomic mass is 10.0. The molecule has 2 N–H and O–H groups in total. The Balaban J connectivity index is 0.000000150. The van der Waals surface area contributed by atoms with Gasteiger partial charge in [-0.15, -0.1) is 0 Å². The summed E-state index contributed by atoms with van der Waals surface area (Å²) in [6, 6.07) is 26.9. The topological polar surface area (TPSA) is 57.5 Å². The molecule has 0 saturated carbocycles. The highest BCUT2D eigenvalue weighted by molar-refractivity contribution is 6.07. The number of phenols is 1. The van der Waals surface area contributed by atoms with Gasteiger partial charge >= 0.3 is 5.97 Å². The predicted octanol–water partition coefficient (Wildman–Crippen LogP) is 5.08. The number of hydrogen-bond donors (Lipinski definition) is 2. The van der Waals surface area contributed by atoms with E-state index in [0.29, 0.717) is 0 Å². The van der Waals surface area contributed by atoms with E-state index in [-0.39, 0.29) is 11.3 Å². The van der Waals surface area contributed by atoms with Gasteiger partial charge < -0.3 is 10.2 Å². The molecule has 0 bridgehead atoms. The summed E-state index contributed by atoms with van der Waals surface area (Å²) in [4.78, 5) is 10.2. The Bertz CT molecular complexity index is 951. The second-order valence-electron chi connectivity index (χ2n) is 5.36. The fourth-order valence-corrected chi connectivity index (χ4v) is 2.59. The Kier molecular flexibility index (Phi) is 4.43. The lowest BCUT2D eigenvalue weighted by Gasteiger charge is -2.02. The molecule has 24 heavy (non-hydrogen) atoms. The highest BCUT2D eigenvalue weighted by atomic mass is 16.4. The summed E-state index contributed by atoms with van der Waals surface area (Å²) in [5.41, 5.74) is 0.0972. The maximum absolute atomic E-state index is 10.2. The van der Waals surface area contributed by atoms with Gasteiger partial charge in [0.2, 0.25) is 0 Å². The minimum absolute atomic E-state index is 0.0279. The van der Waals surface area contributed by atoms with E-state index in [1.807, 2.05) is 0 Å². The second kappa shape index (κ2) is 6.84. The molecule has 0 aliphatic carbocycles. The van der Waals surface area contributed by atoms with E-state index in [2.05, 4.69) is 60.7 Å². The van der Waals surface area contributed by atoms with Crippen molar-refractivity contribution in [2.45, 2.75) is 0 Å². The molecule has 0 spiro atoms. The molecule has 0 heterocycles. The molecule has 0 radical (unpaired) electrons. The molecule has 0 amide bonds. The number of carbonyl (C=O) groups is 1. The van der Waals surface area contributed by atoms with E-state index < -0.39 is 5.97 Å². The van der Waals surface area contributed by atoms with Crippen LogP contribution in [0.3, 0.4) is 0 Å². The predicted molar refractivity (Wildman–Crippen MR) is 96.5 cm³/mol. The van der Waals surface area contributed by atoms with Crippen molar-refractivity contribution in [1.82, 2.24) is 0 Å². The van der Waals surface area contributed by atoms with E-state index in [1.165, 1.54) is 45.8 Å². The summed E-state index contributed by atoms with van der Waals surface area (Å²) in [5.74, 6) is -1.06. The van der Waals surface area contributed by atoms with Gasteiger partial charge in [-0.05, 0) is 39.7 Å². The monoisotopic (exact) mass is 316 g/mol. The minimum Gasteiger partial charge on any atom is -0.508 e. The normalized spacial score (nSPS) is 10.2. The summed E-state index contributed by atoms with van der Waals surface area (Å²) in [6.45, 7) is 0. The zero-order valence-corrected chi connectivity index (χ0v) is 12.9. The van der Waals surface area contributed by atoms with E-state index in [9.17, 15) is 4.79 Å². The molecule has 0 aliphatic heterocycles. The number of fused-ring (bicyclic) bond motifs is 3. The largest absolute Gasteiger partial charge is 0.508 e. The molecule has 118 valence electrons. The van der Waals surface area contributed by atoms with Crippen molar-refractivity contribution in [3.05, 3.63) is 90.5 Å². The van der Waals surface area contributed by atoms with Gasteiger partial charge in [-0.3, -0.25) is 0 Å². The summed E-state index contributed by atoms with van der Waals surface area (Å²) in [6.07, 6.45) is 0. The molecular formula is C21H16O3. The summed E-state index contributed by atoms with van der Waals surface area (Å²) in [5, 5.41) is 22.5. The average molecular weight is 316 g/mol. The number of carboxylic acid groups (broad SMARTS) is 1. The van der Waals surface area contributed by atoms with Crippen molar-refractivity contribution in [3.63, 3.8) is 0 Å². The van der Waals surface area contributed by atoms with E-state index >= 15 is 0 Å². The molecule has 0 aliphatic rings. The van der Waals surface area contributed by atoms with Gasteiger partial charge in [0.1, 0.15) is 5.75 Å². The van der Waals surface area contributed by atoms with Crippen molar-refractivity contribution >= 4 is 27.5 Å². The fourth-order valence-electron chi connectivity index (χ4n) is 2.59. The summed E-state index contributed by atoms with van der Waals surface area (Å²) >= 11 is 0. The summed E-state index contributed by atoms with van der Waals surface area (Å²) < 4.78 is 0. The van der Waals surface area contributed by atoms with Crippen LogP contribution in [0.15, 0.2) is 84.9 Å². The van der Waals surface area contributed by atoms with E-state index in [4.69, 9.17) is 10.2 Å². The Morgan fingerprint density at radius 2 is 1.21 bits per heavy atom. The van der Waals surface area contributed by atoms with E-state index in [1.54, 1.807) is 0 Å². The Morgan fingerprint density at radius 3 is 1.67 bits per heavy atom. The van der Waals surface area contributed by atoms with Gasteiger partial charge in [0.15, 0.2) is 0 Å². The van der Waals surface area contributed by atoms with Crippen LogP contribution in [-0.2, 0) is 0 Å². The standard InChI is InChI=1S/C14H10.C7H6O3/c1-3-7-13-11(5-1)9-10-12-6-2-4-8-14(12)13;8-6-3-1-2-5(4-6)7(9)10/h1-10H;1-4,8H,(H,9,10). The Labute approximate surface area is 139 Å². The number of benzene rings is 4. The number of aromatic hydroxyl groups is 1. The Hall–Kier alpha value is -3.33. The SMILES string of the molecule is O=C(O)c1cccc(O)c1.c1ccc2c(c1)ccc1ccccc12. The molecule has 0 saturated heterocycles. The first-order valence-corrected chi connectivity index (χ1v) is 7.54. The maximum Gasteiger partial charge on any atom is 0.335 e. The first-order chi connectivity index (χ1) is 11.6. The third kappa shape index (κ3) is 3.36. The molecule has 3 nitrogen and oxygen atoms in total. The van der Waals surface area contributed by atoms with Crippen LogP contribution in [0.4, 0.5) is 0 Å². The van der Waals surface area contributed by atoms with Crippen molar-refractivity contribution in [2.24, 2.45) is 0 Å². The molecule has 0 fully saturated rings. The smallest absolute Gasteiger partial charge is 0.335 e. The van der Waals surface area contributed by atoms with Gasteiger partial charge in [0.25, 0.3) is 0 Å². The molecule has 4 aromatic rings. The highest BCUT2D eigenvalue weighted by Gasteiger charge is 2.00. The zero-order chi connectivity index (χ0) is 16.9. The van der Waals surface area contributed by atoms with Crippen LogP contribution in [0, 0.1) is 0 Å². The minimum atomic E-state index is -1.03. The fraction of sp³-hybridized carbons (Fsp3) is 0. The number of hydrogen-bond acceptors (Lipinski definition) is 2. The third-order valence-corrected chi connectivity index (χ3v) is 3.75. The molecule has 0 aromatic heterocycles. The molecule has 0 unspecified atom stereocenters. The van der Waals surface area contributed by atoms with Gasteiger partial charge in [0, 0.05) is 0 Å². The third-order valence-electron chi connectivity index (χ3n) is 3.75. The molecular weight excluding hydrogens is 300 g/mol. The van der Waals surface area contributed by atoms with Gasteiger partial charge in [0.05, 0.1) is 5.56 Å². The van der Waals surface area contributed by atoms with Crippen molar-refractivity contribution in [1.29, 1.82) is 0 Å². The van der Waals surface area contributed by atoms with E-state index in [0.717, 1.165) is 0 Å². The molecule has 4 aromatic carbocycles. The van der Waals surface area contributed by atoms with Crippen LogP contribution >= 0.6 is 0 Å². The van der Waals surface area contributed by atoms with Gasteiger partial charge in [-0.1, -0.05) is 66.7 Å². The first kappa shape index (κ1) is 15.6. The lowest BCUT2D eigenvalue weighted by Crippen LogP contribution is -1.94. The number of phenolic OH excluding ortho intramolecular Hbond substituents is 1. The van der Waals surface area contributed by atoms with Gasteiger partial charge in [-0.25, -0.2) is 4.79 Å². The van der Waals surface area contributed by atoms with Crippen molar-refractivity contribution < 1.29 is 15.0 Å². The Morgan fingerprint density at radius 1 is 0.667 bits per heavy atom. The quantitative estimate of drug-likeness (QED) is 0.481. The number of rotatable bonds is 1. The number of carboxylic acids is 1. The van der Waals surface area contributed by atoms with Crippen molar-refractivity contribution in [3.8, 4) is 5.75 Å². The van der Waals surface area contributed by atoms with Crippen LogP contribution in [0.1, 0.15) is 10.4 Å². The first-order valence-electron chi connectivity index (χ1n) is 7.54. The average Bonchev–Trinajstić information content (AvgIpc) is 2.62. The zero-order valence-electron chi connectivity index (χ0n) is 12.9. The van der Waals surface area contributed by atoms with Crippen molar-refractivity contribution in [2.75, 3.05) is 0 Å². The van der Waals surface area contributed by atoms with Gasteiger partial charge in [-0.2, -0.15) is 0 Å². The summed E-state index contributed by atoms with van der Waals surface area (Å²) in [7, 11) is 0. The lowest BCUT2D eigenvalue weighted by molar-refractivity contribution is 0.0696. The van der Waals surface area contributed by atoms with Crippen LogP contribution in [-0.4, -0.2) is 16.2 Å². The second-order valence-corrected chi connectivity index (χ2v) is 5.36. The molecule has 3 heteroatoms. The van der Waals surface area contributed by atoms with Crippen LogP contribution < -0.4 is 0 Å². The highest BCUT2D eigenvalue weighted by Crippen LogP contribution is 2.24. The maximum atomic E-state index is 10.2. The molecule has 4 rings (SSSR count). The number of aromatic carboxylic acids is 1. The van der Waals surface area contributed by atoms with Crippen LogP contribution in [0.2, 0.25) is 0 Å². The molecule has 0 atom stereocenters.